The zero-order valence-electron chi connectivity index (χ0n) is 8.79. The Morgan fingerprint density at radius 1 is 1.21 bits per heavy atom. The third-order valence-electron chi connectivity index (χ3n) is 2.00. The van der Waals surface area contributed by atoms with Crippen LogP contribution in [0.2, 0.25) is 0 Å². The van der Waals surface area contributed by atoms with Crippen LogP contribution in [0.4, 0.5) is 0 Å². The van der Waals surface area contributed by atoms with Crippen LogP contribution in [-0.2, 0) is 6.42 Å². The lowest BCUT2D eigenvalue weighted by atomic mass is 10.1. The van der Waals surface area contributed by atoms with Gasteiger partial charge in [-0.05, 0) is 31.2 Å². The van der Waals surface area contributed by atoms with Crippen molar-refractivity contribution in [1.29, 1.82) is 0 Å². The summed E-state index contributed by atoms with van der Waals surface area (Å²) in [6, 6.07) is 8.15. The number of benzene rings is 1. The monoisotopic (exact) mass is 191 g/mol. The van der Waals surface area contributed by atoms with E-state index in [2.05, 4.69) is 29.6 Å². The fraction of sp³-hybridized carbons (Fsp3) is 0.333. The van der Waals surface area contributed by atoms with Crippen molar-refractivity contribution in [3.05, 3.63) is 42.0 Å². The van der Waals surface area contributed by atoms with E-state index < -0.39 is 0 Å². The van der Waals surface area contributed by atoms with Gasteiger partial charge in [-0.2, -0.15) is 0 Å². The summed E-state index contributed by atoms with van der Waals surface area (Å²) in [5, 5.41) is 3.07. The van der Waals surface area contributed by atoms with Crippen molar-refractivity contribution in [3.8, 4) is 5.75 Å². The molecule has 0 saturated heterocycles. The third kappa shape index (κ3) is 3.62. The van der Waals surface area contributed by atoms with Gasteiger partial charge in [-0.15, -0.1) is 0 Å². The third-order valence-corrected chi connectivity index (χ3v) is 2.00. The van der Waals surface area contributed by atoms with Gasteiger partial charge >= 0.3 is 0 Å². The number of rotatable bonds is 5. The molecule has 0 atom stereocenters. The Balaban J connectivity index is 2.43. The van der Waals surface area contributed by atoms with Gasteiger partial charge in [0, 0.05) is 6.54 Å². The Hall–Kier alpha value is -1.28. The van der Waals surface area contributed by atoms with E-state index in [1.165, 1.54) is 5.56 Å². The van der Waals surface area contributed by atoms with Gasteiger partial charge in [0.05, 0.1) is 7.11 Å². The topological polar surface area (TPSA) is 21.3 Å². The van der Waals surface area contributed by atoms with E-state index in [1.807, 2.05) is 19.2 Å². The van der Waals surface area contributed by atoms with Crippen LogP contribution in [0.1, 0.15) is 5.56 Å². The Bertz CT molecular complexity index is 277. The number of likely N-dealkylation sites (N-methyl/N-ethyl adjacent to an activating group) is 1. The Morgan fingerprint density at radius 3 is 2.50 bits per heavy atom. The van der Waals surface area contributed by atoms with Gasteiger partial charge in [0.15, 0.2) is 0 Å². The second-order valence-corrected chi connectivity index (χ2v) is 3.08. The molecule has 0 aliphatic rings. The predicted octanol–water partition coefficient (Wildman–Crippen LogP) is 2.01. The van der Waals surface area contributed by atoms with Gasteiger partial charge in [0.1, 0.15) is 5.75 Å². The van der Waals surface area contributed by atoms with E-state index in [0.717, 1.165) is 18.7 Å². The lowest BCUT2D eigenvalue weighted by Gasteiger charge is -2.00. The summed E-state index contributed by atoms with van der Waals surface area (Å²) in [5.74, 6) is 0.910. The van der Waals surface area contributed by atoms with Crippen LogP contribution in [0.15, 0.2) is 36.4 Å². The first kappa shape index (κ1) is 10.8. The second-order valence-electron chi connectivity index (χ2n) is 3.08. The summed E-state index contributed by atoms with van der Waals surface area (Å²) < 4.78 is 5.08. The molecule has 0 aliphatic heterocycles. The maximum Gasteiger partial charge on any atom is 0.118 e. The number of methoxy groups -OCH3 is 1. The fourth-order valence-corrected chi connectivity index (χ4v) is 1.18. The van der Waals surface area contributed by atoms with Crippen molar-refractivity contribution in [2.45, 2.75) is 6.42 Å². The Morgan fingerprint density at radius 2 is 1.93 bits per heavy atom. The van der Waals surface area contributed by atoms with Crippen molar-refractivity contribution in [2.75, 3.05) is 20.7 Å². The molecular weight excluding hydrogens is 174 g/mol. The minimum Gasteiger partial charge on any atom is -0.497 e. The lowest BCUT2D eigenvalue weighted by molar-refractivity contribution is 0.414. The highest BCUT2D eigenvalue weighted by atomic mass is 16.5. The molecule has 1 rings (SSSR count). The van der Waals surface area contributed by atoms with Crippen molar-refractivity contribution in [2.24, 2.45) is 0 Å². The number of hydrogen-bond donors (Lipinski definition) is 1. The van der Waals surface area contributed by atoms with Gasteiger partial charge in [-0.3, -0.25) is 0 Å². The van der Waals surface area contributed by atoms with Crippen LogP contribution >= 0.6 is 0 Å². The van der Waals surface area contributed by atoms with Crippen LogP contribution < -0.4 is 10.1 Å². The molecule has 14 heavy (non-hydrogen) atoms. The molecule has 2 nitrogen and oxygen atoms in total. The fourth-order valence-electron chi connectivity index (χ4n) is 1.18. The van der Waals surface area contributed by atoms with Crippen molar-refractivity contribution < 1.29 is 4.74 Å². The SMILES string of the molecule is CNC/C=C\Cc1ccc(OC)cc1. The first-order chi connectivity index (χ1) is 6.86. The number of hydrogen-bond acceptors (Lipinski definition) is 2. The highest BCUT2D eigenvalue weighted by Gasteiger charge is 1.91. The van der Waals surface area contributed by atoms with Crippen LogP contribution in [0.5, 0.6) is 5.75 Å². The van der Waals surface area contributed by atoms with Gasteiger partial charge in [-0.1, -0.05) is 24.3 Å². The molecule has 1 aromatic carbocycles. The molecule has 0 saturated carbocycles. The zero-order chi connectivity index (χ0) is 10.2. The van der Waals surface area contributed by atoms with E-state index in [9.17, 15) is 0 Å². The molecule has 1 N–H and O–H groups in total. The molecule has 1 aromatic rings. The van der Waals surface area contributed by atoms with Crippen LogP contribution in [-0.4, -0.2) is 20.7 Å². The molecule has 0 fully saturated rings. The van der Waals surface area contributed by atoms with Crippen LogP contribution in [0.3, 0.4) is 0 Å². The van der Waals surface area contributed by atoms with E-state index in [0.29, 0.717) is 0 Å². The normalized spacial score (nSPS) is 10.7. The highest BCUT2D eigenvalue weighted by Crippen LogP contribution is 2.11. The number of allylic oxidation sites excluding steroid dienone is 1. The van der Waals surface area contributed by atoms with E-state index in [4.69, 9.17) is 4.74 Å². The second kappa shape index (κ2) is 6.22. The maximum atomic E-state index is 5.08. The molecular formula is C12H17NO. The molecule has 2 heteroatoms. The molecule has 0 unspecified atom stereocenters. The molecule has 0 aromatic heterocycles. The lowest BCUT2D eigenvalue weighted by Crippen LogP contribution is -2.03. The maximum absolute atomic E-state index is 5.08. The first-order valence-corrected chi connectivity index (χ1v) is 4.79. The Kier molecular flexibility index (Phi) is 4.79. The van der Waals surface area contributed by atoms with Crippen molar-refractivity contribution >= 4 is 0 Å². The minimum atomic E-state index is 0.910. The van der Waals surface area contributed by atoms with E-state index in [1.54, 1.807) is 7.11 Å². The molecule has 0 aliphatic carbocycles. The highest BCUT2D eigenvalue weighted by molar-refractivity contribution is 5.28. The first-order valence-electron chi connectivity index (χ1n) is 4.79. The smallest absolute Gasteiger partial charge is 0.118 e. The largest absolute Gasteiger partial charge is 0.497 e. The van der Waals surface area contributed by atoms with Crippen molar-refractivity contribution in [1.82, 2.24) is 5.32 Å². The quantitative estimate of drug-likeness (QED) is 0.719. The zero-order valence-corrected chi connectivity index (χ0v) is 8.79. The summed E-state index contributed by atoms with van der Waals surface area (Å²) in [4.78, 5) is 0. The average Bonchev–Trinajstić information content (AvgIpc) is 2.25. The number of nitrogens with one attached hydrogen (secondary N) is 1. The molecule has 0 heterocycles. The molecule has 0 radical (unpaired) electrons. The summed E-state index contributed by atoms with van der Waals surface area (Å²) in [7, 11) is 3.62. The predicted molar refractivity (Wildman–Crippen MR) is 59.8 cm³/mol. The van der Waals surface area contributed by atoms with Gasteiger partial charge in [0.25, 0.3) is 0 Å². The van der Waals surface area contributed by atoms with Crippen LogP contribution in [0, 0.1) is 0 Å². The minimum absolute atomic E-state index is 0.910. The van der Waals surface area contributed by atoms with Gasteiger partial charge < -0.3 is 10.1 Å². The molecule has 76 valence electrons. The van der Waals surface area contributed by atoms with Crippen molar-refractivity contribution in [3.63, 3.8) is 0 Å². The summed E-state index contributed by atoms with van der Waals surface area (Å²) in [6.45, 7) is 0.927. The summed E-state index contributed by atoms with van der Waals surface area (Å²) in [5.41, 5.74) is 1.30. The molecule has 0 bridgehead atoms. The average molecular weight is 191 g/mol. The van der Waals surface area contributed by atoms with Gasteiger partial charge in [-0.25, -0.2) is 0 Å². The number of ether oxygens (including phenoxy) is 1. The molecule has 0 amide bonds. The molecule has 0 spiro atoms. The summed E-state index contributed by atoms with van der Waals surface area (Å²) >= 11 is 0. The standard InChI is InChI=1S/C12H17NO/c1-13-10-4-3-5-11-6-8-12(14-2)9-7-11/h3-4,6-9,13H,5,10H2,1-2H3/b4-3-. The van der Waals surface area contributed by atoms with E-state index >= 15 is 0 Å². The Labute approximate surface area is 85.6 Å². The van der Waals surface area contributed by atoms with Crippen LogP contribution in [0.25, 0.3) is 0 Å². The van der Waals surface area contributed by atoms with E-state index in [-0.39, 0.29) is 0 Å². The summed E-state index contributed by atoms with van der Waals surface area (Å²) in [6.07, 6.45) is 5.27. The van der Waals surface area contributed by atoms with Gasteiger partial charge in [0.2, 0.25) is 0 Å².